The highest BCUT2D eigenvalue weighted by Crippen LogP contribution is 2.17. The van der Waals surface area contributed by atoms with Crippen LogP contribution in [-0.2, 0) is 13.0 Å². The molecule has 0 aliphatic carbocycles. The highest BCUT2D eigenvalue weighted by Gasteiger charge is 2.02. The van der Waals surface area contributed by atoms with Crippen LogP contribution >= 0.6 is 11.3 Å². The van der Waals surface area contributed by atoms with Gasteiger partial charge in [-0.25, -0.2) is 4.98 Å². The largest absolute Gasteiger partial charge is 0.497 e. The number of hydrogen-bond donors (Lipinski definition) is 1. The van der Waals surface area contributed by atoms with Crippen LogP contribution in [0.25, 0.3) is 0 Å². The third kappa shape index (κ3) is 4.22. The van der Waals surface area contributed by atoms with Gasteiger partial charge in [0.15, 0.2) is 0 Å². The lowest BCUT2D eigenvalue weighted by molar-refractivity contribution is 0.320. The van der Waals surface area contributed by atoms with Crippen LogP contribution in [0, 0.1) is 0 Å². The van der Waals surface area contributed by atoms with Crippen molar-refractivity contribution in [2.75, 3.05) is 20.8 Å². The predicted molar refractivity (Wildman–Crippen MR) is 77.1 cm³/mol. The van der Waals surface area contributed by atoms with E-state index in [1.54, 1.807) is 18.4 Å². The molecule has 0 aliphatic heterocycles. The first-order valence-corrected chi connectivity index (χ1v) is 7.04. The summed E-state index contributed by atoms with van der Waals surface area (Å²) >= 11 is 1.68. The van der Waals surface area contributed by atoms with Gasteiger partial charge >= 0.3 is 0 Å². The second-order valence-electron chi connectivity index (χ2n) is 4.04. The van der Waals surface area contributed by atoms with Crippen LogP contribution in [0.15, 0.2) is 29.6 Å². The van der Waals surface area contributed by atoms with Crippen molar-refractivity contribution in [2.45, 2.75) is 13.0 Å². The Morgan fingerprint density at radius 2 is 1.95 bits per heavy atom. The molecule has 1 aromatic carbocycles. The van der Waals surface area contributed by atoms with E-state index >= 15 is 0 Å². The van der Waals surface area contributed by atoms with Crippen LogP contribution in [-0.4, -0.2) is 25.7 Å². The summed E-state index contributed by atoms with van der Waals surface area (Å²) in [5.41, 5.74) is 1.09. The molecule has 0 saturated carbocycles. The van der Waals surface area contributed by atoms with Crippen LogP contribution < -0.4 is 14.8 Å². The molecular formula is C14H18N2O2S. The Hall–Kier alpha value is -1.59. The van der Waals surface area contributed by atoms with Crippen molar-refractivity contribution >= 4 is 11.3 Å². The van der Waals surface area contributed by atoms with Gasteiger partial charge in [-0.1, -0.05) is 0 Å². The van der Waals surface area contributed by atoms with Crippen molar-refractivity contribution in [2.24, 2.45) is 0 Å². The van der Waals surface area contributed by atoms with Crippen molar-refractivity contribution in [1.82, 2.24) is 10.3 Å². The van der Waals surface area contributed by atoms with E-state index in [1.165, 1.54) is 0 Å². The van der Waals surface area contributed by atoms with Crippen molar-refractivity contribution < 1.29 is 9.47 Å². The van der Waals surface area contributed by atoms with Gasteiger partial charge in [-0.05, 0) is 31.3 Å². The fourth-order valence-corrected chi connectivity index (χ4v) is 2.43. The lowest BCUT2D eigenvalue weighted by Gasteiger charge is -2.05. The summed E-state index contributed by atoms with van der Waals surface area (Å²) in [6.45, 7) is 1.45. The molecule has 0 unspecified atom stereocenters. The summed E-state index contributed by atoms with van der Waals surface area (Å²) in [5.74, 6) is 1.69. The zero-order chi connectivity index (χ0) is 13.5. The monoisotopic (exact) mass is 278 g/mol. The van der Waals surface area contributed by atoms with E-state index < -0.39 is 0 Å². The van der Waals surface area contributed by atoms with E-state index in [-0.39, 0.29) is 0 Å². The first-order chi connectivity index (χ1) is 9.31. The highest BCUT2D eigenvalue weighted by atomic mass is 32.1. The molecule has 0 aliphatic rings. The first-order valence-electron chi connectivity index (χ1n) is 6.16. The van der Waals surface area contributed by atoms with Crippen LogP contribution in [0.1, 0.15) is 10.7 Å². The SMILES string of the molecule is CNCc1csc(CCOc2ccc(OC)cc2)n1. The molecule has 0 saturated heterocycles. The number of methoxy groups -OCH3 is 1. The van der Waals surface area contributed by atoms with Crippen molar-refractivity contribution in [3.63, 3.8) is 0 Å². The number of hydrogen-bond acceptors (Lipinski definition) is 5. The molecule has 4 nitrogen and oxygen atoms in total. The van der Waals surface area contributed by atoms with Gasteiger partial charge in [0.25, 0.3) is 0 Å². The van der Waals surface area contributed by atoms with Gasteiger partial charge in [-0.2, -0.15) is 0 Å². The second-order valence-corrected chi connectivity index (χ2v) is 4.98. The van der Waals surface area contributed by atoms with E-state index in [4.69, 9.17) is 9.47 Å². The van der Waals surface area contributed by atoms with Crippen molar-refractivity contribution in [3.8, 4) is 11.5 Å². The number of nitrogens with one attached hydrogen (secondary N) is 1. The average molecular weight is 278 g/mol. The maximum Gasteiger partial charge on any atom is 0.119 e. The Bertz CT molecular complexity index is 496. The van der Waals surface area contributed by atoms with Gasteiger partial charge in [-0.15, -0.1) is 11.3 Å². The number of aromatic nitrogens is 1. The van der Waals surface area contributed by atoms with Gasteiger partial charge < -0.3 is 14.8 Å². The third-order valence-corrected chi connectivity index (χ3v) is 3.56. The standard InChI is InChI=1S/C14H18N2O2S/c1-15-9-11-10-19-14(16-11)7-8-18-13-5-3-12(17-2)4-6-13/h3-6,10,15H,7-9H2,1-2H3. The number of rotatable bonds is 7. The molecule has 1 N–H and O–H groups in total. The number of nitrogens with zero attached hydrogens (tertiary/aromatic N) is 1. The van der Waals surface area contributed by atoms with Gasteiger partial charge in [0, 0.05) is 18.3 Å². The summed E-state index contributed by atoms with van der Waals surface area (Å²) in [6, 6.07) is 7.60. The molecule has 1 heterocycles. The molecule has 0 amide bonds. The van der Waals surface area contributed by atoms with E-state index in [2.05, 4.69) is 15.7 Å². The Morgan fingerprint density at radius 3 is 2.63 bits per heavy atom. The van der Waals surface area contributed by atoms with Gasteiger partial charge in [-0.3, -0.25) is 0 Å². The summed E-state index contributed by atoms with van der Waals surface area (Å²) in [5, 5.41) is 6.28. The highest BCUT2D eigenvalue weighted by molar-refractivity contribution is 7.09. The van der Waals surface area contributed by atoms with E-state index in [9.17, 15) is 0 Å². The molecule has 5 heteroatoms. The lowest BCUT2D eigenvalue weighted by atomic mass is 10.3. The summed E-state index contributed by atoms with van der Waals surface area (Å²) in [7, 11) is 3.58. The molecule has 0 bridgehead atoms. The molecule has 2 rings (SSSR count). The number of thiazole rings is 1. The summed E-state index contributed by atoms with van der Waals surface area (Å²) in [4.78, 5) is 4.51. The fraction of sp³-hybridized carbons (Fsp3) is 0.357. The minimum atomic E-state index is 0.638. The van der Waals surface area contributed by atoms with Gasteiger partial charge in [0.2, 0.25) is 0 Å². The van der Waals surface area contributed by atoms with Crippen molar-refractivity contribution in [1.29, 1.82) is 0 Å². The Kier molecular flexibility index (Phi) is 5.18. The quantitative estimate of drug-likeness (QED) is 0.845. The van der Waals surface area contributed by atoms with Crippen LogP contribution in [0.3, 0.4) is 0 Å². The Morgan fingerprint density at radius 1 is 1.21 bits per heavy atom. The molecule has 19 heavy (non-hydrogen) atoms. The van der Waals surface area contributed by atoms with Crippen LogP contribution in [0.4, 0.5) is 0 Å². The number of benzene rings is 1. The smallest absolute Gasteiger partial charge is 0.119 e. The molecule has 1 aromatic heterocycles. The zero-order valence-electron chi connectivity index (χ0n) is 11.2. The van der Waals surface area contributed by atoms with Gasteiger partial charge in [0.05, 0.1) is 24.4 Å². The second kappa shape index (κ2) is 7.11. The topological polar surface area (TPSA) is 43.4 Å². The van der Waals surface area contributed by atoms with Crippen molar-refractivity contribution in [3.05, 3.63) is 40.3 Å². The molecule has 0 spiro atoms. The van der Waals surface area contributed by atoms with E-state index in [1.807, 2.05) is 31.3 Å². The van der Waals surface area contributed by atoms with E-state index in [0.717, 1.165) is 35.2 Å². The maximum absolute atomic E-state index is 5.67. The molecule has 0 radical (unpaired) electrons. The van der Waals surface area contributed by atoms with Crippen LogP contribution in [0.5, 0.6) is 11.5 Å². The molecule has 102 valence electrons. The summed E-state index contributed by atoms with van der Waals surface area (Å²) < 4.78 is 10.8. The normalized spacial score (nSPS) is 10.4. The fourth-order valence-electron chi connectivity index (χ4n) is 1.65. The molecular weight excluding hydrogens is 260 g/mol. The lowest BCUT2D eigenvalue weighted by Crippen LogP contribution is -2.06. The molecule has 0 fully saturated rings. The van der Waals surface area contributed by atoms with E-state index in [0.29, 0.717) is 6.61 Å². The summed E-state index contributed by atoms with van der Waals surface area (Å²) in [6.07, 6.45) is 0.834. The van der Waals surface area contributed by atoms with Crippen LogP contribution in [0.2, 0.25) is 0 Å². The Labute approximate surface area is 117 Å². The average Bonchev–Trinajstić information content (AvgIpc) is 2.88. The molecule has 2 aromatic rings. The van der Waals surface area contributed by atoms with Gasteiger partial charge in [0.1, 0.15) is 11.5 Å². The zero-order valence-corrected chi connectivity index (χ0v) is 12.0. The third-order valence-electron chi connectivity index (χ3n) is 2.60. The number of ether oxygens (including phenoxy) is 2. The first kappa shape index (κ1) is 13.8. The maximum atomic E-state index is 5.67. The minimum absolute atomic E-state index is 0.638. The Balaban J connectivity index is 1.78. The minimum Gasteiger partial charge on any atom is -0.497 e. The predicted octanol–water partition coefficient (Wildman–Crippen LogP) is 2.49. The molecule has 0 atom stereocenters.